The number of methoxy groups -OCH3 is 1. The molecule has 0 aliphatic carbocycles. The van der Waals surface area contributed by atoms with Gasteiger partial charge in [0.05, 0.1) is 37.9 Å². The molecule has 106 valence electrons. The predicted octanol–water partition coefficient (Wildman–Crippen LogP) is 2.75. The standard InChI is InChI=1S/C15H13ClN4O/c1-21-13-3-2-11-8-12(15(16)19-14(11)9-13)10-20(6-4-17)7-5-18/h2-3,8-9H,6-7,10H2,1H3. The van der Waals surface area contributed by atoms with Crippen molar-refractivity contribution < 1.29 is 4.74 Å². The minimum atomic E-state index is 0.171. The maximum Gasteiger partial charge on any atom is 0.134 e. The highest BCUT2D eigenvalue weighted by molar-refractivity contribution is 6.30. The fourth-order valence-corrected chi connectivity index (χ4v) is 2.22. The van der Waals surface area contributed by atoms with Gasteiger partial charge in [-0.2, -0.15) is 10.5 Å². The Morgan fingerprint density at radius 2 is 1.95 bits per heavy atom. The van der Waals surface area contributed by atoms with Crippen LogP contribution < -0.4 is 4.74 Å². The van der Waals surface area contributed by atoms with Gasteiger partial charge in [-0.3, -0.25) is 4.90 Å². The van der Waals surface area contributed by atoms with Crippen LogP contribution >= 0.6 is 11.6 Å². The molecule has 0 N–H and O–H groups in total. The zero-order chi connectivity index (χ0) is 15.2. The SMILES string of the molecule is COc1ccc2cc(CN(CC#N)CC#N)c(Cl)nc2c1. The van der Waals surface area contributed by atoms with E-state index in [0.717, 1.165) is 22.2 Å². The molecule has 0 amide bonds. The molecule has 1 aromatic heterocycles. The van der Waals surface area contributed by atoms with Crippen LogP contribution in [0.5, 0.6) is 5.75 Å². The van der Waals surface area contributed by atoms with Crippen molar-refractivity contribution in [2.45, 2.75) is 6.54 Å². The summed E-state index contributed by atoms with van der Waals surface area (Å²) in [5.41, 5.74) is 1.54. The van der Waals surface area contributed by atoms with E-state index in [1.54, 1.807) is 12.0 Å². The van der Waals surface area contributed by atoms with Crippen molar-refractivity contribution >= 4 is 22.5 Å². The fraction of sp³-hybridized carbons (Fsp3) is 0.267. The van der Waals surface area contributed by atoms with Crippen molar-refractivity contribution in [3.8, 4) is 17.9 Å². The van der Waals surface area contributed by atoms with Gasteiger partial charge in [0, 0.05) is 23.6 Å². The van der Waals surface area contributed by atoms with E-state index in [2.05, 4.69) is 4.98 Å². The molecule has 21 heavy (non-hydrogen) atoms. The fourth-order valence-electron chi connectivity index (χ4n) is 2.01. The van der Waals surface area contributed by atoms with Crippen LogP contribution in [-0.2, 0) is 6.54 Å². The Balaban J connectivity index is 2.34. The van der Waals surface area contributed by atoms with Gasteiger partial charge < -0.3 is 4.74 Å². The van der Waals surface area contributed by atoms with Gasteiger partial charge in [-0.25, -0.2) is 4.98 Å². The van der Waals surface area contributed by atoms with Crippen LogP contribution in [0.15, 0.2) is 24.3 Å². The topological polar surface area (TPSA) is 72.9 Å². The number of fused-ring (bicyclic) bond motifs is 1. The van der Waals surface area contributed by atoms with E-state index in [9.17, 15) is 0 Å². The maximum atomic E-state index is 8.78. The van der Waals surface area contributed by atoms with Crippen LogP contribution in [-0.4, -0.2) is 30.1 Å². The van der Waals surface area contributed by atoms with E-state index < -0.39 is 0 Å². The number of nitrogens with zero attached hydrogens (tertiary/aromatic N) is 4. The second kappa shape index (κ2) is 6.90. The van der Waals surface area contributed by atoms with E-state index in [1.807, 2.05) is 36.4 Å². The van der Waals surface area contributed by atoms with Crippen LogP contribution in [0.3, 0.4) is 0 Å². The first-order chi connectivity index (χ1) is 10.2. The number of nitriles is 2. The Morgan fingerprint density at radius 3 is 2.57 bits per heavy atom. The van der Waals surface area contributed by atoms with E-state index in [4.69, 9.17) is 26.9 Å². The minimum absolute atomic E-state index is 0.171. The van der Waals surface area contributed by atoms with Gasteiger partial charge >= 0.3 is 0 Å². The highest BCUT2D eigenvalue weighted by Crippen LogP contribution is 2.25. The summed E-state index contributed by atoms with van der Waals surface area (Å²) in [4.78, 5) is 6.06. The molecule has 0 saturated carbocycles. The molecule has 0 radical (unpaired) electrons. The molecule has 1 aromatic carbocycles. The van der Waals surface area contributed by atoms with Gasteiger partial charge in [-0.15, -0.1) is 0 Å². The Hall–Kier alpha value is -2.34. The second-order valence-corrected chi connectivity index (χ2v) is 4.82. The Morgan fingerprint density at radius 1 is 1.24 bits per heavy atom. The molecular formula is C15H13ClN4O. The summed E-state index contributed by atoms with van der Waals surface area (Å²) in [6, 6.07) is 11.6. The molecule has 0 saturated heterocycles. The van der Waals surface area contributed by atoms with Crippen molar-refractivity contribution in [2.24, 2.45) is 0 Å². The number of aromatic nitrogens is 1. The van der Waals surface area contributed by atoms with E-state index in [1.165, 1.54) is 0 Å². The number of hydrogen-bond donors (Lipinski definition) is 0. The zero-order valence-corrected chi connectivity index (χ0v) is 12.3. The predicted molar refractivity (Wildman–Crippen MR) is 79.8 cm³/mol. The first kappa shape index (κ1) is 15.1. The summed E-state index contributed by atoms with van der Waals surface area (Å²) < 4.78 is 5.16. The molecule has 0 fully saturated rings. The molecule has 0 unspecified atom stereocenters. The van der Waals surface area contributed by atoms with Crippen LogP contribution in [0.25, 0.3) is 10.9 Å². The number of rotatable bonds is 5. The molecular weight excluding hydrogens is 288 g/mol. The van der Waals surface area contributed by atoms with Crippen LogP contribution in [0.2, 0.25) is 5.15 Å². The largest absolute Gasteiger partial charge is 0.497 e. The van der Waals surface area contributed by atoms with Gasteiger partial charge in [0.15, 0.2) is 0 Å². The number of hydrogen-bond acceptors (Lipinski definition) is 5. The monoisotopic (exact) mass is 300 g/mol. The van der Waals surface area contributed by atoms with Crippen LogP contribution in [0.4, 0.5) is 0 Å². The van der Waals surface area contributed by atoms with Crippen molar-refractivity contribution in [3.63, 3.8) is 0 Å². The zero-order valence-electron chi connectivity index (χ0n) is 11.5. The normalized spacial score (nSPS) is 10.3. The molecule has 0 aliphatic rings. The minimum Gasteiger partial charge on any atom is -0.497 e. The molecule has 2 aromatic rings. The average molecular weight is 301 g/mol. The lowest BCUT2D eigenvalue weighted by Gasteiger charge is -2.16. The lowest BCUT2D eigenvalue weighted by molar-refractivity contribution is 0.334. The summed E-state index contributed by atoms with van der Waals surface area (Å²) in [5, 5.41) is 18.9. The molecule has 2 rings (SSSR count). The lowest BCUT2D eigenvalue weighted by Crippen LogP contribution is -2.24. The first-order valence-electron chi connectivity index (χ1n) is 6.27. The Bertz CT molecular complexity index is 717. The summed E-state index contributed by atoms with van der Waals surface area (Å²) in [7, 11) is 1.60. The van der Waals surface area contributed by atoms with Gasteiger partial charge in [-0.1, -0.05) is 11.6 Å². The van der Waals surface area contributed by atoms with Crippen molar-refractivity contribution in [3.05, 3.63) is 35.0 Å². The van der Waals surface area contributed by atoms with E-state index in [-0.39, 0.29) is 13.1 Å². The molecule has 0 aliphatic heterocycles. The molecule has 1 heterocycles. The van der Waals surface area contributed by atoms with E-state index >= 15 is 0 Å². The maximum absolute atomic E-state index is 8.78. The smallest absolute Gasteiger partial charge is 0.134 e. The number of halogens is 1. The summed E-state index contributed by atoms with van der Waals surface area (Å²) in [6.45, 7) is 0.754. The summed E-state index contributed by atoms with van der Waals surface area (Å²) >= 11 is 6.20. The number of pyridine rings is 1. The highest BCUT2D eigenvalue weighted by atomic mass is 35.5. The molecule has 5 nitrogen and oxygen atoms in total. The Kier molecular flexibility index (Phi) is 4.94. The van der Waals surface area contributed by atoms with Gasteiger partial charge in [0.1, 0.15) is 10.9 Å². The van der Waals surface area contributed by atoms with Crippen molar-refractivity contribution in [1.82, 2.24) is 9.88 Å². The third-order valence-corrected chi connectivity index (χ3v) is 3.36. The molecule has 6 heteroatoms. The summed E-state index contributed by atoms with van der Waals surface area (Å²) in [5.74, 6) is 0.717. The quantitative estimate of drug-likeness (QED) is 0.627. The summed E-state index contributed by atoms with van der Waals surface area (Å²) in [6.07, 6.45) is 0. The molecule has 0 atom stereocenters. The average Bonchev–Trinajstić information content (AvgIpc) is 2.48. The van der Waals surface area contributed by atoms with Gasteiger partial charge in [0.25, 0.3) is 0 Å². The van der Waals surface area contributed by atoms with Gasteiger partial charge in [0.2, 0.25) is 0 Å². The van der Waals surface area contributed by atoms with Crippen LogP contribution in [0.1, 0.15) is 5.56 Å². The second-order valence-electron chi connectivity index (χ2n) is 4.46. The third kappa shape index (κ3) is 3.61. The first-order valence-corrected chi connectivity index (χ1v) is 6.65. The third-order valence-electron chi connectivity index (χ3n) is 3.03. The molecule has 0 bridgehead atoms. The van der Waals surface area contributed by atoms with Gasteiger partial charge in [-0.05, 0) is 18.2 Å². The van der Waals surface area contributed by atoms with E-state index in [0.29, 0.717) is 11.7 Å². The van der Waals surface area contributed by atoms with Crippen molar-refractivity contribution in [1.29, 1.82) is 10.5 Å². The number of ether oxygens (including phenoxy) is 1. The number of benzene rings is 1. The highest BCUT2D eigenvalue weighted by Gasteiger charge is 2.11. The molecule has 0 spiro atoms. The lowest BCUT2D eigenvalue weighted by atomic mass is 10.1. The van der Waals surface area contributed by atoms with Crippen molar-refractivity contribution in [2.75, 3.05) is 20.2 Å². The van der Waals surface area contributed by atoms with Crippen LogP contribution in [0, 0.1) is 22.7 Å². The Labute approximate surface area is 127 Å².